The van der Waals surface area contributed by atoms with Crippen LogP contribution in [0.1, 0.15) is 13.3 Å². The van der Waals surface area contributed by atoms with Gasteiger partial charge in [0.1, 0.15) is 0 Å². The van der Waals surface area contributed by atoms with Gasteiger partial charge in [0.2, 0.25) is 21.1 Å². The van der Waals surface area contributed by atoms with Crippen LogP contribution in [0.25, 0.3) is 0 Å². The zero-order chi connectivity index (χ0) is 13.2. The molecule has 0 bridgehead atoms. The van der Waals surface area contributed by atoms with Gasteiger partial charge in [-0.2, -0.15) is 13.7 Å². The van der Waals surface area contributed by atoms with E-state index in [0.717, 1.165) is 5.13 Å². The lowest BCUT2D eigenvalue weighted by atomic mass is 10.4. The van der Waals surface area contributed by atoms with Crippen molar-refractivity contribution in [3.63, 3.8) is 0 Å². The van der Waals surface area contributed by atoms with Gasteiger partial charge in [0.05, 0.1) is 5.75 Å². The summed E-state index contributed by atoms with van der Waals surface area (Å²) in [5.41, 5.74) is 5.48. The van der Waals surface area contributed by atoms with Crippen LogP contribution in [0.15, 0.2) is 0 Å². The molecule has 1 aromatic heterocycles. The molecule has 1 saturated heterocycles. The first kappa shape index (κ1) is 13.5. The molecule has 2 heterocycles. The Morgan fingerprint density at radius 2 is 2.00 bits per heavy atom. The molecule has 7 nitrogen and oxygen atoms in total. The van der Waals surface area contributed by atoms with Crippen LogP contribution in [0.5, 0.6) is 0 Å². The van der Waals surface area contributed by atoms with E-state index in [1.54, 1.807) is 4.31 Å². The molecule has 18 heavy (non-hydrogen) atoms. The zero-order valence-electron chi connectivity index (χ0n) is 10.2. The van der Waals surface area contributed by atoms with Crippen molar-refractivity contribution < 1.29 is 8.42 Å². The minimum absolute atomic E-state index is 0.221. The second-order valence-corrected chi connectivity index (χ2v) is 6.96. The van der Waals surface area contributed by atoms with E-state index in [4.69, 9.17) is 5.73 Å². The Morgan fingerprint density at radius 1 is 1.33 bits per heavy atom. The van der Waals surface area contributed by atoms with E-state index in [2.05, 4.69) is 9.36 Å². The summed E-state index contributed by atoms with van der Waals surface area (Å²) < 4.78 is 29.3. The molecule has 9 heteroatoms. The van der Waals surface area contributed by atoms with Gasteiger partial charge < -0.3 is 10.6 Å². The highest BCUT2D eigenvalue weighted by Crippen LogP contribution is 2.20. The Balaban J connectivity index is 1.96. The first-order chi connectivity index (χ1) is 8.53. The third-order valence-electron chi connectivity index (χ3n) is 2.80. The average molecular weight is 291 g/mol. The number of aromatic nitrogens is 2. The molecule has 0 saturated carbocycles. The van der Waals surface area contributed by atoms with Gasteiger partial charge in [-0.3, -0.25) is 0 Å². The average Bonchev–Trinajstić information content (AvgIpc) is 2.76. The number of nitrogens with two attached hydrogens (primary N) is 1. The van der Waals surface area contributed by atoms with Crippen molar-refractivity contribution in [3.8, 4) is 0 Å². The molecular weight excluding hydrogens is 274 g/mol. The molecule has 0 radical (unpaired) electrons. The van der Waals surface area contributed by atoms with E-state index in [-0.39, 0.29) is 11.7 Å². The minimum atomic E-state index is -3.08. The molecule has 0 unspecified atom stereocenters. The second kappa shape index (κ2) is 5.37. The van der Waals surface area contributed by atoms with Crippen LogP contribution in [0.4, 0.5) is 11.1 Å². The number of nitrogen functional groups attached to an aromatic ring is 1. The van der Waals surface area contributed by atoms with Crippen LogP contribution >= 0.6 is 11.5 Å². The van der Waals surface area contributed by atoms with Gasteiger partial charge in [-0.05, 0) is 6.42 Å². The topological polar surface area (TPSA) is 92.4 Å². The van der Waals surface area contributed by atoms with Gasteiger partial charge in [-0.25, -0.2) is 8.42 Å². The maximum absolute atomic E-state index is 11.9. The van der Waals surface area contributed by atoms with Crippen LogP contribution in [-0.2, 0) is 10.0 Å². The van der Waals surface area contributed by atoms with Crippen molar-refractivity contribution in [1.82, 2.24) is 13.7 Å². The molecule has 0 amide bonds. The molecule has 1 fully saturated rings. The van der Waals surface area contributed by atoms with Gasteiger partial charge in [-0.15, -0.1) is 0 Å². The van der Waals surface area contributed by atoms with E-state index >= 15 is 0 Å². The van der Waals surface area contributed by atoms with Gasteiger partial charge >= 0.3 is 0 Å². The maximum atomic E-state index is 11.9. The summed E-state index contributed by atoms with van der Waals surface area (Å²) in [7, 11) is -3.08. The van der Waals surface area contributed by atoms with Crippen LogP contribution < -0.4 is 10.6 Å². The lowest BCUT2D eigenvalue weighted by Gasteiger charge is -2.33. The Morgan fingerprint density at radius 3 is 2.50 bits per heavy atom. The van der Waals surface area contributed by atoms with Gasteiger partial charge in [0, 0.05) is 37.7 Å². The molecule has 0 aromatic carbocycles. The summed E-state index contributed by atoms with van der Waals surface area (Å²) in [4.78, 5) is 6.12. The summed E-state index contributed by atoms with van der Waals surface area (Å²) >= 11 is 1.25. The third kappa shape index (κ3) is 2.90. The number of sulfonamides is 1. The fraction of sp³-hybridized carbons (Fsp3) is 0.778. The highest BCUT2D eigenvalue weighted by Gasteiger charge is 2.27. The molecule has 102 valence electrons. The summed E-state index contributed by atoms with van der Waals surface area (Å²) in [5, 5.41) is 0.764. The van der Waals surface area contributed by atoms with E-state index in [1.807, 2.05) is 11.8 Å². The first-order valence-electron chi connectivity index (χ1n) is 5.85. The van der Waals surface area contributed by atoms with Crippen molar-refractivity contribution >= 4 is 32.6 Å². The normalized spacial score (nSPS) is 18.2. The Bertz CT molecular complexity index is 493. The van der Waals surface area contributed by atoms with Gasteiger partial charge in [0.25, 0.3) is 0 Å². The van der Waals surface area contributed by atoms with Crippen molar-refractivity contribution in [2.75, 3.05) is 42.6 Å². The zero-order valence-corrected chi connectivity index (χ0v) is 11.9. The highest BCUT2D eigenvalue weighted by molar-refractivity contribution is 7.89. The van der Waals surface area contributed by atoms with Crippen LogP contribution in [-0.4, -0.2) is 54.0 Å². The summed E-state index contributed by atoms with van der Waals surface area (Å²) in [6, 6.07) is 0. The molecule has 1 aromatic rings. The standard InChI is InChI=1S/C9H17N5O2S2/c1-2-7-18(15,16)14-5-3-13(4-6-14)9-11-8(10)12-17-9/h2-7H2,1H3,(H2,10,12). The molecule has 1 aliphatic rings. The van der Waals surface area contributed by atoms with E-state index in [1.165, 1.54) is 11.5 Å². The lowest BCUT2D eigenvalue weighted by Crippen LogP contribution is -2.49. The van der Waals surface area contributed by atoms with Crippen LogP contribution in [0.2, 0.25) is 0 Å². The Kier molecular flexibility index (Phi) is 4.03. The first-order valence-corrected chi connectivity index (χ1v) is 8.23. The number of nitrogens with zero attached hydrogens (tertiary/aromatic N) is 4. The fourth-order valence-corrected chi connectivity index (χ4v) is 4.04. The Hall–Kier alpha value is -0.930. The van der Waals surface area contributed by atoms with Crippen molar-refractivity contribution in [1.29, 1.82) is 0 Å². The number of piperazine rings is 1. The minimum Gasteiger partial charge on any atom is -0.367 e. The van der Waals surface area contributed by atoms with Crippen molar-refractivity contribution in [2.45, 2.75) is 13.3 Å². The van der Waals surface area contributed by atoms with E-state index in [9.17, 15) is 8.42 Å². The quantitative estimate of drug-likeness (QED) is 0.838. The number of hydrogen-bond acceptors (Lipinski definition) is 7. The largest absolute Gasteiger partial charge is 0.367 e. The molecule has 0 atom stereocenters. The molecule has 0 aliphatic carbocycles. The summed E-state index contributed by atoms with van der Waals surface area (Å²) in [6.07, 6.45) is 0.648. The molecule has 2 rings (SSSR count). The van der Waals surface area contributed by atoms with E-state index < -0.39 is 10.0 Å². The van der Waals surface area contributed by atoms with Gasteiger partial charge in [-0.1, -0.05) is 6.92 Å². The fourth-order valence-electron chi connectivity index (χ4n) is 1.90. The number of hydrogen-bond donors (Lipinski definition) is 1. The summed E-state index contributed by atoms with van der Waals surface area (Å²) in [5.74, 6) is 0.495. The molecule has 0 spiro atoms. The predicted molar refractivity (Wildman–Crippen MR) is 72.2 cm³/mol. The Labute approximate surface area is 111 Å². The molecular formula is C9H17N5O2S2. The van der Waals surface area contributed by atoms with Crippen molar-refractivity contribution in [3.05, 3.63) is 0 Å². The van der Waals surface area contributed by atoms with Crippen molar-refractivity contribution in [2.24, 2.45) is 0 Å². The van der Waals surface area contributed by atoms with Crippen LogP contribution in [0, 0.1) is 0 Å². The smallest absolute Gasteiger partial charge is 0.233 e. The maximum Gasteiger partial charge on any atom is 0.233 e. The number of anilines is 2. The van der Waals surface area contributed by atoms with E-state index in [0.29, 0.717) is 32.6 Å². The van der Waals surface area contributed by atoms with Crippen LogP contribution in [0.3, 0.4) is 0 Å². The SMILES string of the molecule is CCCS(=O)(=O)N1CCN(c2nc(N)ns2)CC1. The lowest BCUT2D eigenvalue weighted by molar-refractivity contribution is 0.384. The molecule has 1 aliphatic heterocycles. The number of rotatable bonds is 4. The molecule has 2 N–H and O–H groups in total. The highest BCUT2D eigenvalue weighted by atomic mass is 32.2. The predicted octanol–water partition coefficient (Wildman–Crippen LogP) is -0.0179. The third-order valence-corrected chi connectivity index (χ3v) is 5.66. The van der Waals surface area contributed by atoms with Gasteiger partial charge in [0.15, 0.2) is 0 Å². The monoisotopic (exact) mass is 291 g/mol. The summed E-state index contributed by atoms with van der Waals surface area (Å²) in [6.45, 7) is 4.15. The second-order valence-electron chi connectivity index (χ2n) is 4.14.